The Morgan fingerprint density at radius 2 is 1.93 bits per heavy atom. The van der Waals surface area contributed by atoms with Crippen LogP contribution in [0.3, 0.4) is 0 Å². The van der Waals surface area contributed by atoms with Crippen molar-refractivity contribution in [2.24, 2.45) is 0 Å². The van der Waals surface area contributed by atoms with Crippen molar-refractivity contribution < 1.29 is 9.47 Å². The molecule has 3 aromatic rings. The molecule has 1 aromatic heterocycles. The highest BCUT2D eigenvalue weighted by molar-refractivity contribution is 7.19. The topological polar surface area (TPSA) is 57.4 Å². The highest BCUT2D eigenvalue weighted by Gasteiger charge is 2.29. The maximum Gasteiger partial charge on any atom is 0.181 e. The third-order valence-corrected chi connectivity index (χ3v) is 5.68. The smallest absolute Gasteiger partial charge is 0.181 e. The van der Waals surface area contributed by atoms with Crippen LogP contribution < -0.4 is 15.2 Å². The van der Waals surface area contributed by atoms with E-state index in [1.54, 1.807) is 0 Å². The molecule has 4 nitrogen and oxygen atoms in total. The molecule has 0 aliphatic carbocycles. The van der Waals surface area contributed by atoms with Crippen molar-refractivity contribution in [3.05, 3.63) is 53.6 Å². The summed E-state index contributed by atoms with van der Waals surface area (Å²) in [6, 6.07) is 12.3. The molecule has 1 aliphatic rings. The Bertz CT molecular complexity index is 1070. The van der Waals surface area contributed by atoms with E-state index in [2.05, 4.69) is 36.2 Å². The number of hydrogen-bond acceptors (Lipinski definition) is 5. The van der Waals surface area contributed by atoms with Crippen LogP contribution in [-0.2, 0) is 0 Å². The summed E-state index contributed by atoms with van der Waals surface area (Å²) >= 11 is 1.50. The lowest BCUT2D eigenvalue weighted by Gasteiger charge is -2.30. The van der Waals surface area contributed by atoms with Crippen molar-refractivity contribution in [3.8, 4) is 33.2 Å². The summed E-state index contributed by atoms with van der Waals surface area (Å²) in [6.45, 7) is 8.77. The number of hydrogen-bond donors (Lipinski definition) is 1. The number of anilines is 1. The van der Waals surface area contributed by atoms with Gasteiger partial charge in [0.2, 0.25) is 0 Å². The van der Waals surface area contributed by atoms with Crippen molar-refractivity contribution >= 4 is 22.5 Å². The molecule has 2 N–H and O–H groups in total. The maximum atomic E-state index is 6.38. The third kappa shape index (κ3) is 3.27. The molecule has 5 heteroatoms. The van der Waals surface area contributed by atoms with E-state index in [0.717, 1.165) is 38.8 Å². The molecule has 0 saturated heterocycles. The van der Waals surface area contributed by atoms with Crippen molar-refractivity contribution in [3.63, 3.8) is 0 Å². The summed E-state index contributed by atoms with van der Waals surface area (Å²) in [5.41, 5.74) is 10.8. The Balaban J connectivity index is 1.95. The van der Waals surface area contributed by atoms with Gasteiger partial charge in [-0.3, -0.25) is 0 Å². The van der Waals surface area contributed by atoms with Crippen molar-refractivity contribution in [2.45, 2.75) is 33.3 Å². The first-order valence-electron chi connectivity index (χ1n) is 9.40. The number of nitrogens with zero attached hydrogens (tertiary/aromatic N) is 1. The molecule has 0 unspecified atom stereocenters. The molecule has 2 heterocycles. The van der Waals surface area contributed by atoms with Crippen LogP contribution in [0.2, 0.25) is 0 Å². The lowest BCUT2D eigenvalue weighted by atomic mass is 9.96. The van der Waals surface area contributed by atoms with Gasteiger partial charge in [-0.2, -0.15) is 0 Å². The van der Waals surface area contributed by atoms with Gasteiger partial charge in [0.15, 0.2) is 5.13 Å². The van der Waals surface area contributed by atoms with Crippen LogP contribution in [-0.4, -0.2) is 17.2 Å². The average molecular weight is 393 g/mol. The summed E-state index contributed by atoms with van der Waals surface area (Å²) in [7, 11) is 0. The van der Waals surface area contributed by atoms with Gasteiger partial charge in [-0.1, -0.05) is 35.6 Å². The quantitative estimate of drug-likeness (QED) is 0.596. The van der Waals surface area contributed by atoms with Crippen LogP contribution in [0.15, 0.2) is 42.5 Å². The lowest BCUT2D eigenvalue weighted by molar-refractivity contribution is 0.159. The SMILES string of the molecule is CCOc1ccc(-c2nc(N)sc2-c2ccccc2C)c2c1C=CC(C)(C)O2. The Kier molecular flexibility index (Phi) is 4.63. The normalized spacial score (nSPS) is 14.4. The molecular formula is C23H24N2O2S. The molecule has 0 amide bonds. The minimum atomic E-state index is -0.406. The van der Waals surface area contributed by atoms with Crippen LogP contribution in [0.5, 0.6) is 11.5 Å². The summed E-state index contributed by atoms with van der Waals surface area (Å²) in [5, 5.41) is 0.543. The Morgan fingerprint density at radius 1 is 1.14 bits per heavy atom. The molecule has 0 fully saturated rings. The first-order valence-corrected chi connectivity index (χ1v) is 10.2. The van der Waals surface area contributed by atoms with E-state index in [0.29, 0.717) is 11.7 Å². The van der Waals surface area contributed by atoms with Gasteiger partial charge in [-0.25, -0.2) is 4.98 Å². The maximum absolute atomic E-state index is 6.38. The molecule has 0 saturated carbocycles. The predicted octanol–water partition coefficient (Wildman–Crippen LogP) is 5.95. The van der Waals surface area contributed by atoms with Gasteiger partial charge in [-0.15, -0.1) is 0 Å². The number of nitrogen functional groups attached to an aromatic ring is 1. The van der Waals surface area contributed by atoms with E-state index < -0.39 is 5.60 Å². The summed E-state index contributed by atoms with van der Waals surface area (Å²) in [5.74, 6) is 1.60. The lowest BCUT2D eigenvalue weighted by Crippen LogP contribution is -2.28. The van der Waals surface area contributed by atoms with Gasteiger partial charge < -0.3 is 15.2 Å². The van der Waals surface area contributed by atoms with Crippen molar-refractivity contribution in [2.75, 3.05) is 12.3 Å². The highest BCUT2D eigenvalue weighted by atomic mass is 32.1. The first kappa shape index (κ1) is 18.6. The first-order chi connectivity index (χ1) is 13.4. The van der Waals surface area contributed by atoms with Crippen LogP contribution in [0.1, 0.15) is 31.9 Å². The van der Waals surface area contributed by atoms with Gasteiger partial charge in [0.1, 0.15) is 17.1 Å². The zero-order valence-electron chi connectivity index (χ0n) is 16.6. The van der Waals surface area contributed by atoms with E-state index in [-0.39, 0.29) is 0 Å². The number of fused-ring (bicyclic) bond motifs is 1. The second kappa shape index (κ2) is 6.99. The molecule has 0 atom stereocenters. The molecule has 4 rings (SSSR count). The Hall–Kier alpha value is -2.79. The second-order valence-corrected chi connectivity index (χ2v) is 8.40. The molecule has 0 spiro atoms. The zero-order valence-corrected chi connectivity index (χ0v) is 17.4. The average Bonchev–Trinajstić information content (AvgIpc) is 3.03. The monoisotopic (exact) mass is 392 g/mol. The Labute approximate surface area is 169 Å². The van der Waals surface area contributed by atoms with Crippen LogP contribution >= 0.6 is 11.3 Å². The number of benzene rings is 2. The van der Waals surface area contributed by atoms with Crippen LogP contribution in [0.25, 0.3) is 27.8 Å². The van der Waals surface area contributed by atoms with E-state index in [4.69, 9.17) is 15.2 Å². The number of aromatic nitrogens is 1. The van der Waals surface area contributed by atoms with Crippen LogP contribution in [0.4, 0.5) is 5.13 Å². The zero-order chi connectivity index (χ0) is 19.9. The fourth-order valence-corrected chi connectivity index (χ4v) is 4.36. The summed E-state index contributed by atoms with van der Waals surface area (Å²) < 4.78 is 12.2. The fraction of sp³-hybridized carbons (Fsp3) is 0.261. The number of rotatable bonds is 4. The summed E-state index contributed by atoms with van der Waals surface area (Å²) in [4.78, 5) is 5.73. The molecular weight excluding hydrogens is 368 g/mol. The number of thiazole rings is 1. The van der Waals surface area contributed by atoms with Gasteiger partial charge in [-0.05, 0) is 63.1 Å². The minimum Gasteiger partial charge on any atom is -0.493 e. The predicted molar refractivity (Wildman–Crippen MR) is 117 cm³/mol. The number of aryl methyl sites for hydroxylation is 1. The van der Waals surface area contributed by atoms with E-state index in [1.165, 1.54) is 16.9 Å². The van der Waals surface area contributed by atoms with Gasteiger partial charge in [0.25, 0.3) is 0 Å². The van der Waals surface area contributed by atoms with Crippen molar-refractivity contribution in [1.82, 2.24) is 4.98 Å². The second-order valence-electron chi connectivity index (χ2n) is 7.37. The molecule has 144 valence electrons. The Morgan fingerprint density at radius 3 is 2.68 bits per heavy atom. The molecule has 28 heavy (non-hydrogen) atoms. The largest absolute Gasteiger partial charge is 0.493 e. The summed E-state index contributed by atoms with van der Waals surface area (Å²) in [6.07, 6.45) is 4.13. The minimum absolute atomic E-state index is 0.406. The molecule has 2 aromatic carbocycles. The van der Waals surface area contributed by atoms with Crippen molar-refractivity contribution in [1.29, 1.82) is 0 Å². The number of nitrogens with two attached hydrogens (primary N) is 1. The molecule has 0 radical (unpaired) electrons. The van der Waals surface area contributed by atoms with Gasteiger partial charge in [0.05, 0.1) is 22.7 Å². The third-order valence-electron chi connectivity index (χ3n) is 4.76. The van der Waals surface area contributed by atoms with Gasteiger partial charge >= 0.3 is 0 Å². The van der Waals surface area contributed by atoms with Crippen LogP contribution in [0, 0.1) is 6.92 Å². The standard InChI is InChI=1S/C23H24N2O2S/c1-5-26-18-11-10-17(20-16(18)12-13-23(3,4)27-20)19-21(28-22(24)25-19)15-9-7-6-8-14(15)2/h6-13H,5H2,1-4H3,(H2,24,25). The molecule has 1 aliphatic heterocycles. The van der Waals surface area contributed by atoms with Gasteiger partial charge in [0, 0.05) is 5.56 Å². The van der Waals surface area contributed by atoms with E-state index >= 15 is 0 Å². The molecule has 0 bridgehead atoms. The fourth-order valence-electron chi connectivity index (χ4n) is 3.43. The number of ether oxygens (including phenoxy) is 2. The van der Waals surface area contributed by atoms with E-state index in [1.807, 2.05) is 45.0 Å². The highest BCUT2D eigenvalue weighted by Crippen LogP contribution is 2.48. The van der Waals surface area contributed by atoms with E-state index in [9.17, 15) is 0 Å².